The van der Waals surface area contributed by atoms with Gasteiger partial charge < -0.3 is 10.2 Å². The number of halogens is 1. The maximum atomic E-state index is 12.5. The summed E-state index contributed by atoms with van der Waals surface area (Å²) in [5, 5.41) is 3.49. The maximum absolute atomic E-state index is 12.5. The molecule has 1 heterocycles. The number of carbonyl (C=O) groups is 1. The summed E-state index contributed by atoms with van der Waals surface area (Å²) in [5.74, 6) is 2.99. The highest BCUT2D eigenvalue weighted by atomic mass is 35.5. The molecule has 1 N–H and O–H groups in total. The summed E-state index contributed by atoms with van der Waals surface area (Å²) in [7, 11) is 2.16. The molecule has 0 aromatic heterocycles. The average molecular weight is 328 g/mol. The first kappa shape index (κ1) is 16.5. The highest BCUT2D eigenvalue weighted by Crippen LogP contribution is 2.55. The van der Waals surface area contributed by atoms with Crippen LogP contribution in [-0.2, 0) is 4.79 Å². The van der Waals surface area contributed by atoms with Crippen LogP contribution in [0.1, 0.15) is 38.5 Å². The van der Waals surface area contributed by atoms with Crippen LogP contribution >= 0.6 is 12.4 Å². The molecule has 0 unspecified atom stereocenters. The number of likely N-dealkylation sites (N-methyl/N-ethyl adjacent to an activating group) is 1. The van der Waals surface area contributed by atoms with E-state index in [9.17, 15) is 4.79 Å². The lowest BCUT2D eigenvalue weighted by Gasteiger charge is -2.57. The first-order valence-corrected chi connectivity index (χ1v) is 8.82. The van der Waals surface area contributed by atoms with E-state index in [1.54, 1.807) is 0 Å². The lowest BCUT2D eigenvalue weighted by Crippen LogP contribution is -2.61. The van der Waals surface area contributed by atoms with Gasteiger partial charge in [0.15, 0.2) is 0 Å². The number of amides is 1. The number of carbonyl (C=O) groups excluding carboxylic acids is 1. The minimum absolute atomic E-state index is 0. The van der Waals surface area contributed by atoms with Crippen molar-refractivity contribution >= 4 is 18.3 Å². The first-order chi connectivity index (χ1) is 10.1. The zero-order valence-electron chi connectivity index (χ0n) is 13.7. The molecule has 5 heteroatoms. The van der Waals surface area contributed by atoms with Gasteiger partial charge in [0.05, 0.1) is 6.54 Å². The number of nitrogens with one attached hydrogen (secondary N) is 1. The van der Waals surface area contributed by atoms with Crippen molar-refractivity contribution in [1.82, 2.24) is 15.1 Å². The van der Waals surface area contributed by atoms with E-state index in [0.29, 0.717) is 6.54 Å². The Bertz CT molecular complexity index is 385. The fourth-order valence-electron chi connectivity index (χ4n) is 5.81. The number of piperazine rings is 1. The van der Waals surface area contributed by atoms with E-state index >= 15 is 0 Å². The summed E-state index contributed by atoms with van der Waals surface area (Å²) in [5.41, 5.74) is 0.179. The summed E-state index contributed by atoms with van der Waals surface area (Å²) in [6.45, 7) is 4.85. The second-order valence-electron chi connectivity index (χ2n) is 8.33. The molecule has 4 saturated carbocycles. The van der Waals surface area contributed by atoms with Crippen LogP contribution in [0, 0.1) is 17.8 Å². The van der Waals surface area contributed by atoms with Crippen molar-refractivity contribution in [1.29, 1.82) is 0 Å². The minimum Gasteiger partial charge on any atom is -0.350 e. The molecule has 1 amide bonds. The Hall–Kier alpha value is -0.320. The van der Waals surface area contributed by atoms with Crippen LogP contribution in [0.3, 0.4) is 0 Å². The Kier molecular flexibility index (Phi) is 4.73. The third kappa shape index (κ3) is 3.29. The quantitative estimate of drug-likeness (QED) is 0.857. The molecule has 4 aliphatic carbocycles. The SMILES string of the molecule is CN1CCN(CC(=O)NC23CC4CC(CC(C4)C2)C3)CC1.Cl. The van der Waals surface area contributed by atoms with E-state index in [4.69, 9.17) is 0 Å². The van der Waals surface area contributed by atoms with Crippen molar-refractivity contribution in [3.8, 4) is 0 Å². The Labute approximate surface area is 140 Å². The van der Waals surface area contributed by atoms with E-state index in [1.807, 2.05) is 0 Å². The van der Waals surface area contributed by atoms with Crippen molar-refractivity contribution in [2.75, 3.05) is 39.8 Å². The molecule has 22 heavy (non-hydrogen) atoms. The van der Waals surface area contributed by atoms with Gasteiger partial charge in [0.25, 0.3) is 0 Å². The number of nitrogens with zero attached hydrogens (tertiary/aromatic N) is 2. The second-order valence-corrected chi connectivity index (χ2v) is 8.33. The van der Waals surface area contributed by atoms with E-state index in [2.05, 4.69) is 22.2 Å². The van der Waals surface area contributed by atoms with Crippen molar-refractivity contribution < 1.29 is 4.79 Å². The number of hydrogen-bond donors (Lipinski definition) is 1. The zero-order chi connectivity index (χ0) is 14.4. The summed E-state index contributed by atoms with van der Waals surface area (Å²) in [6.07, 6.45) is 8.09. The van der Waals surface area contributed by atoms with Crippen molar-refractivity contribution in [2.24, 2.45) is 17.8 Å². The molecular formula is C17H30ClN3O. The summed E-state index contributed by atoms with van der Waals surface area (Å²) in [4.78, 5) is 17.2. The van der Waals surface area contributed by atoms with Crippen molar-refractivity contribution in [3.05, 3.63) is 0 Å². The van der Waals surface area contributed by atoms with Crippen LogP contribution in [0.5, 0.6) is 0 Å². The van der Waals surface area contributed by atoms with Crippen LogP contribution < -0.4 is 5.32 Å². The predicted molar refractivity (Wildman–Crippen MR) is 90.2 cm³/mol. The van der Waals surface area contributed by atoms with Crippen LogP contribution in [0.4, 0.5) is 0 Å². The summed E-state index contributed by atoms with van der Waals surface area (Å²) in [6, 6.07) is 0. The normalized spacial score (nSPS) is 41.2. The van der Waals surface area contributed by atoms with Gasteiger partial charge in [0, 0.05) is 31.7 Å². The molecule has 5 aliphatic rings. The molecule has 0 aromatic rings. The summed E-state index contributed by atoms with van der Waals surface area (Å²) < 4.78 is 0. The lowest BCUT2D eigenvalue weighted by atomic mass is 9.53. The predicted octanol–water partition coefficient (Wildman–Crippen LogP) is 1.74. The molecule has 0 aromatic carbocycles. The highest BCUT2D eigenvalue weighted by Gasteiger charge is 2.51. The molecule has 4 nitrogen and oxygen atoms in total. The van der Waals surface area contributed by atoms with E-state index in [0.717, 1.165) is 43.9 Å². The van der Waals surface area contributed by atoms with E-state index in [1.165, 1.54) is 38.5 Å². The molecule has 0 atom stereocenters. The zero-order valence-corrected chi connectivity index (χ0v) is 14.5. The van der Waals surface area contributed by atoms with Gasteiger partial charge in [-0.3, -0.25) is 9.69 Å². The Morgan fingerprint density at radius 1 is 1.00 bits per heavy atom. The fraction of sp³-hybridized carbons (Fsp3) is 0.941. The molecule has 5 rings (SSSR count). The lowest BCUT2D eigenvalue weighted by molar-refractivity contribution is -0.128. The monoisotopic (exact) mass is 327 g/mol. The van der Waals surface area contributed by atoms with Crippen molar-refractivity contribution in [2.45, 2.75) is 44.1 Å². The Balaban J connectivity index is 0.00000144. The van der Waals surface area contributed by atoms with Crippen molar-refractivity contribution in [3.63, 3.8) is 0 Å². The molecule has 126 valence electrons. The standard InChI is InChI=1S/C17H29N3O.ClH/c1-19-2-4-20(5-3-19)12-16(21)18-17-9-13-6-14(10-17)8-15(7-13)11-17;/h13-15H,2-12H2,1H3,(H,18,21);1H. The van der Waals surface area contributed by atoms with Crippen LogP contribution in [0.15, 0.2) is 0 Å². The van der Waals surface area contributed by atoms with Crippen LogP contribution in [-0.4, -0.2) is 61.0 Å². The molecule has 4 bridgehead atoms. The molecule has 1 aliphatic heterocycles. The molecule has 0 spiro atoms. The average Bonchev–Trinajstić information content (AvgIpc) is 2.39. The van der Waals surface area contributed by atoms with Crippen LogP contribution in [0.25, 0.3) is 0 Å². The molecule has 1 saturated heterocycles. The first-order valence-electron chi connectivity index (χ1n) is 8.82. The molecule has 0 radical (unpaired) electrons. The highest BCUT2D eigenvalue weighted by molar-refractivity contribution is 5.85. The fourth-order valence-corrected chi connectivity index (χ4v) is 5.81. The molecule has 5 fully saturated rings. The third-order valence-corrected chi connectivity index (χ3v) is 6.41. The van der Waals surface area contributed by atoms with Gasteiger partial charge in [-0.2, -0.15) is 0 Å². The maximum Gasteiger partial charge on any atom is 0.234 e. The van der Waals surface area contributed by atoms with Gasteiger partial charge >= 0.3 is 0 Å². The van der Waals surface area contributed by atoms with Gasteiger partial charge in [-0.1, -0.05) is 0 Å². The van der Waals surface area contributed by atoms with Gasteiger partial charge in [-0.15, -0.1) is 12.4 Å². The third-order valence-electron chi connectivity index (χ3n) is 6.41. The number of rotatable bonds is 3. The van der Waals surface area contributed by atoms with Gasteiger partial charge in [0.2, 0.25) is 5.91 Å². The Morgan fingerprint density at radius 3 is 2.00 bits per heavy atom. The van der Waals surface area contributed by atoms with Gasteiger partial charge in [-0.05, 0) is 63.3 Å². The smallest absolute Gasteiger partial charge is 0.234 e. The topological polar surface area (TPSA) is 35.6 Å². The van der Waals surface area contributed by atoms with E-state index < -0.39 is 0 Å². The second kappa shape index (κ2) is 6.29. The largest absolute Gasteiger partial charge is 0.350 e. The van der Waals surface area contributed by atoms with E-state index in [-0.39, 0.29) is 23.9 Å². The summed E-state index contributed by atoms with van der Waals surface area (Å²) >= 11 is 0. The number of hydrogen-bond acceptors (Lipinski definition) is 3. The molecular weight excluding hydrogens is 298 g/mol. The minimum atomic E-state index is 0. The van der Waals surface area contributed by atoms with Gasteiger partial charge in [0.1, 0.15) is 0 Å². The van der Waals surface area contributed by atoms with Crippen LogP contribution in [0.2, 0.25) is 0 Å². The van der Waals surface area contributed by atoms with Gasteiger partial charge in [-0.25, -0.2) is 0 Å². The Morgan fingerprint density at radius 2 is 1.50 bits per heavy atom.